The molecule has 0 amide bonds. The van der Waals surface area contributed by atoms with E-state index in [2.05, 4.69) is 10.2 Å². The number of likely N-dealkylation sites (tertiary alicyclic amines) is 1. The summed E-state index contributed by atoms with van der Waals surface area (Å²) in [6.45, 7) is 9.63. The summed E-state index contributed by atoms with van der Waals surface area (Å²) >= 11 is 0. The van der Waals surface area contributed by atoms with Gasteiger partial charge in [0.25, 0.3) is 0 Å². The van der Waals surface area contributed by atoms with E-state index in [1.54, 1.807) is 0 Å². The molecular formula is C15H30N2O3. The second kappa shape index (κ2) is 8.60. The maximum atomic E-state index is 12.2. The van der Waals surface area contributed by atoms with Crippen molar-refractivity contribution in [1.82, 2.24) is 10.2 Å². The van der Waals surface area contributed by atoms with E-state index in [0.717, 1.165) is 26.1 Å². The predicted molar refractivity (Wildman–Crippen MR) is 79.6 cm³/mol. The third-order valence-corrected chi connectivity index (χ3v) is 3.35. The zero-order valence-electron chi connectivity index (χ0n) is 13.2. The molecule has 1 heterocycles. The maximum absolute atomic E-state index is 12.2. The van der Waals surface area contributed by atoms with E-state index in [1.165, 1.54) is 12.8 Å². The summed E-state index contributed by atoms with van der Waals surface area (Å²) in [6.07, 6.45) is 3.94. The molecule has 0 aromatic rings. The number of aliphatic hydroxyl groups excluding tert-OH is 1. The first kappa shape index (κ1) is 17.4. The van der Waals surface area contributed by atoms with Gasteiger partial charge in [0, 0.05) is 13.2 Å². The molecule has 20 heavy (non-hydrogen) atoms. The van der Waals surface area contributed by atoms with Crippen molar-refractivity contribution in [3.63, 3.8) is 0 Å². The number of nitrogens with one attached hydrogen (secondary N) is 1. The minimum atomic E-state index is -0.457. The summed E-state index contributed by atoms with van der Waals surface area (Å²) in [4.78, 5) is 14.6. The Morgan fingerprint density at radius 3 is 2.55 bits per heavy atom. The Hall–Kier alpha value is -0.650. The summed E-state index contributed by atoms with van der Waals surface area (Å²) in [5, 5.41) is 12.0. The Morgan fingerprint density at radius 2 is 2.00 bits per heavy atom. The van der Waals surface area contributed by atoms with Crippen LogP contribution in [0.3, 0.4) is 0 Å². The lowest BCUT2D eigenvalue weighted by Crippen LogP contribution is -2.43. The van der Waals surface area contributed by atoms with Gasteiger partial charge in [0.2, 0.25) is 0 Å². The number of hydrogen-bond acceptors (Lipinski definition) is 5. The van der Waals surface area contributed by atoms with Crippen LogP contribution in [0.4, 0.5) is 0 Å². The second-order valence-corrected chi connectivity index (χ2v) is 6.45. The third kappa shape index (κ3) is 7.22. The molecule has 1 aliphatic rings. The molecule has 5 nitrogen and oxygen atoms in total. The fourth-order valence-electron chi connectivity index (χ4n) is 2.35. The van der Waals surface area contributed by atoms with Gasteiger partial charge in [-0.2, -0.15) is 0 Å². The molecule has 0 aromatic heterocycles. The van der Waals surface area contributed by atoms with Crippen LogP contribution in [0.2, 0.25) is 0 Å². The maximum Gasteiger partial charge on any atom is 0.323 e. The molecule has 1 saturated heterocycles. The normalized spacial score (nSPS) is 18.2. The molecule has 1 rings (SSSR count). The number of carbonyl (C=O) groups excluding carboxylic acids is 1. The van der Waals surface area contributed by atoms with E-state index in [4.69, 9.17) is 9.84 Å². The first-order chi connectivity index (χ1) is 9.42. The first-order valence-corrected chi connectivity index (χ1v) is 7.72. The molecule has 0 saturated carbocycles. The van der Waals surface area contributed by atoms with E-state index in [1.807, 2.05) is 20.8 Å². The molecule has 0 radical (unpaired) electrons. The number of ether oxygens (including phenoxy) is 1. The van der Waals surface area contributed by atoms with Gasteiger partial charge in [-0.3, -0.25) is 4.79 Å². The van der Waals surface area contributed by atoms with Crippen molar-refractivity contribution in [2.45, 2.75) is 58.1 Å². The Labute approximate surface area is 122 Å². The zero-order chi connectivity index (χ0) is 15.0. The second-order valence-electron chi connectivity index (χ2n) is 6.45. The number of nitrogens with zero attached hydrogens (tertiary/aromatic N) is 1. The van der Waals surface area contributed by atoms with Gasteiger partial charge in [-0.25, -0.2) is 0 Å². The van der Waals surface area contributed by atoms with Crippen molar-refractivity contribution in [3.8, 4) is 0 Å². The quantitative estimate of drug-likeness (QED) is 0.518. The number of hydrogen-bond donors (Lipinski definition) is 2. The average molecular weight is 286 g/mol. The minimum Gasteiger partial charge on any atom is -0.459 e. The van der Waals surface area contributed by atoms with Crippen molar-refractivity contribution < 1.29 is 14.6 Å². The fourth-order valence-corrected chi connectivity index (χ4v) is 2.35. The number of carbonyl (C=O) groups is 1. The van der Waals surface area contributed by atoms with Crippen LogP contribution in [0.1, 0.15) is 46.5 Å². The SMILES string of the molecule is CC(C)(C)OC(=O)[C@@H](CCN1CCCC1)NCCCO. The molecule has 1 fully saturated rings. The van der Waals surface area contributed by atoms with Gasteiger partial charge in [-0.05, 0) is 66.1 Å². The standard InChI is InChI=1S/C15H30N2O3/c1-15(2,3)20-14(19)13(16-8-6-12-18)7-11-17-9-4-5-10-17/h13,16,18H,4-12H2,1-3H3/t13-/m1/s1. The van der Waals surface area contributed by atoms with Crippen LogP contribution in [0.15, 0.2) is 0 Å². The summed E-state index contributed by atoms with van der Waals surface area (Å²) in [5.41, 5.74) is -0.457. The molecule has 0 aromatic carbocycles. The van der Waals surface area contributed by atoms with Gasteiger partial charge in [0.1, 0.15) is 11.6 Å². The molecule has 118 valence electrons. The molecule has 0 unspecified atom stereocenters. The van der Waals surface area contributed by atoms with Crippen molar-refractivity contribution in [2.75, 3.05) is 32.8 Å². The van der Waals surface area contributed by atoms with Crippen LogP contribution in [0.25, 0.3) is 0 Å². The van der Waals surface area contributed by atoms with Crippen molar-refractivity contribution in [2.24, 2.45) is 0 Å². The van der Waals surface area contributed by atoms with Crippen LogP contribution in [0, 0.1) is 0 Å². The Morgan fingerprint density at radius 1 is 1.35 bits per heavy atom. The summed E-state index contributed by atoms with van der Waals surface area (Å²) in [7, 11) is 0. The minimum absolute atomic E-state index is 0.139. The Kier molecular flexibility index (Phi) is 7.48. The molecule has 1 atom stereocenters. The lowest BCUT2D eigenvalue weighted by Gasteiger charge is -2.26. The Bertz CT molecular complexity index is 283. The highest BCUT2D eigenvalue weighted by molar-refractivity contribution is 5.76. The van der Waals surface area contributed by atoms with Crippen LogP contribution in [-0.2, 0) is 9.53 Å². The van der Waals surface area contributed by atoms with Gasteiger partial charge < -0.3 is 20.1 Å². The van der Waals surface area contributed by atoms with Crippen molar-refractivity contribution in [3.05, 3.63) is 0 Å². The van der Waals surface area contributed by atoms with Gasteiger partial charge in [0.15, 0.2) is 0 Å². The monoisotopic (exact) mass is 286 g/mol. The molecule has 0 aliphatic carbocycles. The molecule has 2 N–H and O–H groups in total. The summed E-state index contributed by atoms with van der Waals surface area (Å²) in [5.74, 6) is -0.186. The predicted octanol–water partition coefficient (Wildman–Crippen LogP) is 1.15. The molecular weight excluding hydrogens is 256 g/mol. The third-order valence-electron chi connectivity index (χ3n) is 3.35. The summed E-state index contributed by atoms with van der Waals surface area (Å²) in [6, 6.07) is -0.277. The van der Waals surface area contributed by atoms with Crippen LogP contribution >= 0.6 is 0 Å². The molecule has 0 spiro atoms. The zero-order valence-corrected chi connectivity index (χ0v) is 13.2. The van der Waals surface area contributed by atoms with E-state index in [9.17, 15) is 4.79 Å². The average Bonchev–Trinajstić information content (AvgIpc) is 2.84. The van der Waals surface area contributed by atoms with E-state index >= 15 is 0 Å². The van der Waals surface area contributed by atoms with E-state index in [-0.39, 0.29) is 18.6 Å². The van der Waals surface area contributed by atoms with Crippen LogP contribution in [0.5, 0.6) is 0 Å². The topological polar surface area (TPSA) is 61.8 Å². The van der Waals surface area contributed by atoms with E-state index < -0.39 is 5.60 Å². The number of aliphatic hydroxyl groups is 1. The number of esters is 1. The lowest BCUT2D eigenvalue weighted by atomic mass is 10.1. The highest BCUT2D eigenvalue weighted by Crippen LogP contribution is 2.12. The van der Waals surface area contributed by atoms with Gasteiger partial charge in [-0.1, -0.05) is 0 Å². The van der Waals surface area contributed by atoms with Gasteiger partial charge in [-0.15, -0.1) is 0 Å². The van der Waals surface area contributed by atoms with Crippen LogP contribution < -0.4 is 5.32 Å². The Balaban J connectivity index is 2.42. The summed E-state index contributed by atoms with van der Waals surface area (Å²) < 4.78 is 5.46. The lowest BCUT2D eigenvalue weighted by molar-refractivity contribution is -0.157. The largest absolute Gasteiger partial charge is 0.459 e. The molecule has 5 heteroatoms. The van der Waals surface area contributed by atoms with Crippen LogP contribution in [-0.4, -0.2) is 60.4 Å². The fraction of sp³-hybridized carbons (Fsp3) is 0.933. The molecule has 0 bridgehead atoms. The van der Waals surface area contributed by atoms with Gasteiger partial charge in [0.05, 0.1) is 0 Å². The van der Waals surface area contributed by atoms with Gasteiger partial charge >= 0.3 is 5.97 Å². The first-order valence-electron chi connectivity index (χ1n) is 7.72. The number of rotatable bonds is 8. The highest BCUT2D eigenvalue weighted by atomic mass is 16.6. The van der Waals surface area contributed by atoms with Crippen molar-refractivity contribution >= 4 is 5.97 Å². The highest BCUT2D eigenvalue weighted by Gasteiger charge is 2.25. The van der Waals surface area contributed by atoms with Crippen molar-refractivity contribution in [1.29, 1.82) is 0 Å². The molecule has 1 aliphatic heterocycles. The smallest absolute Gasteiger partial charge is 0.323 e. The van der Waals surface area contributed by atoms with E-state index in [0.29, 0.717) is 13.0 Å².